The van der Waals surface area contributed by atoms with Crippen molar-refractivity contribution in [1.29, 1.82) is 0 Å². The summed E-state index contributed by atoms with van der Waals surface area (Å²) in [4.78, 5) is 13.7. The Morgan fingerprint density at radius 1 is 0.935 bits per heavy atom. The van der Waals surface area contributed by atoms with Gasteiger partial charge in [-0.25, -0.2) is 18.4 Å². The van der Waals surface area contributed by atoms with Gasteiger partial charge in [0, 0.05) is 45.5 Å². The first-order chi connectivity index (χ1) is 15.1. The van der Waals surface area contributed by atoms with Gasteiger partial charge in [0.2, 0.25) is 15.9 Å². The molecule has 0 bridgehead atoms. The van der Waals surface area contributed by atoms with E-state index in [0.29, 0.717) is 32.8 Å². The number of hydrogen-bond acceptors (Lipinski definition) is 8. The molecule has 0 unspecified atom stereocenters. The monoisotopic (exact) mass is 443 g/mol. The Balaban J connectivity index is 1.19. The number of fused-ring (bicyclic) bond motifs is 1. The number of para-hydroxylation sites is 2. The van der Waals surface area contributed by atoms with Crippen LogP contribution in [0.4, 0.5) is 5.82 Å². The normalized spacial score (nSPS) is 19.2. The number of oxazole rings is 1. The van der Waals surface area contributed by atoms with E-state index in [0.717, 1.165) is 49.0 Å². The molecule has 0 spiro atoms. The van der Waals surface area contributed by atoms with Crippen molar-refractivity contribution in [1.82, 2.24) is 19.2 Å². The van der Waals surface area contributed by atoms with E-state index in [4.69, 9.17) is 9.15 Å². The first-order valence-electron chi connectivity index (χ1n) is 10.5. The molecule has 0 saturated carbocycles. The fraction of sp³-hybridized carbons (Fsp3) is 0.429. The highest BCUT2D eigenvalue weighted by Gasteiger charge is 2.27. The summed E-state index contributed by atoms with van der Waals surface area (Å²) in [5.74, 6) is 1.52. The molecule has 1 aromatic carbocycles. The molecule has 0 N–H and O–H groups in total. The van der Waals surface area contributed by atoms with E-state index in [1.807, 2.05) is 24.3 Å². The van der Waals surface area contributed by atoms with Crippen LogP contribution in [0.1, 0.15) is 5.89 Å². The zero-order valence-corrected chi connectivity index (χ0v) is 18.0. The molecule has 0 aliphatic carbocycles. The fourth-order valence-electron chi connectivity index (χ4n) is 3.96. The van der Waals surface area contributed by atoms with Gasteiger partial charge in [0.25, 0.3) is 0 Å². The van der Waals surface area contributed by atoms with Crippen molar-refractivity contribution in [2.45, 2.75) is 11.4 Å². The van der Waals surface area contributed by atoms with Gasteiger partial charge in [0.15, 0.2) is 5.58 Å². The molecule has 2 saturated heterocycles. The molecular weight excluding hydrogens is 418 g/mol. The summed E-state index contributed by atoms with van der Waals surface area (Å²) in [6, 6.07) is 11.2. The zero-order valence-electron chi connectivity index (χ0n) is 17.2. The van der Waals surface area contributed by atoms with Crippen molar-refractivity contribution >= 4 is 26.9 Å². The zero-order chi connectivity index (χ0) is 21.3. The smallest absolute Gasteiger partial charge is 0.244 e. The summed E-state index contributed by atoms with van der Waals surface area (Å²) >= 11 is 0. The lowest BCUT2D eigenvalue weighted by atomic mass is 10.3. The molecule has 9 nitrogen and oxygen atoms in total. The number of anilines is 1. The third kappa shape index (κ3) is 4.29. The number of benzene rings is 1. The molecule has 164 valence electrons. The number of ether oxygens (including phenoxy) is 1. The molecule has 0 amide bonds. The van der Waals surface area contributed by atoms with Crippen LogP contribution >= 0.6 is 0 Å². The van der Waals surface area contributed by atoms with E-state index in [-0.39, 0.29) is 4.90 Å². The highest BCUT2D eigenvalue weighted by Crippen LogP contribution is 2.21. The number of morpholine rings is 1. The van der Waals surface area contributed by atoms with Crippen molar-refractivity contribution in [3.63, 3.8) is 0 Å². The van der Waals surface area contributed by atoms with Crippen molar-refractivity contribution in [2.75, 3.05) is 57.4 Å². The lowest BCUT2D eigenvalue weighted by molar-refractivity contribution is 0.0730. The number of hydrogen-bond donors (Lipinski definition) is 0. The predicted octanol–water partition coefficient (Wildman–Crippen LogP) is 1.57. The van der Waals surface area contributed by atoms with Crippen molar-refractivity contribution in [2.24, 2.45) is 0 Å². The number of pyridine rings is 1. The molecule has 0 radical (unpaired) electrons. The maximum Gasteiger partial charge on any atom is 0.244 e. The van der Waals surface area contributed by atoms with Gasteiger partial charge >= 0.3 is 0 Å². The Bertz CT molecular complexity index is 1100. The minimum absolute atomic E-state index is 0.229. The minimum Gasteiger partial charge on any atom is -0.439 e. The molecule has 3 aromatic rings. The molecule has 2 aliphatic rings. The van der Waals surface area contributed by atoms with Crippen molar-refractivity contribution in [3.05, 3.63) is 48.5 Å². The molecular formula is C21H25N5O4S. The summed E-state index contributed by atoms with van der Waals surface area (Å²) in [6.07, 6.45) is 1.46. The minimum atomic E-state index is -3.52. The molecule has 5 rings (SSSR count). The quantitative estimate of drug-likeness (QED) is 0.587. The van der Waals surface area contributed by atoms with Crippen LogP contribution < -0.4 is 4.90 Å². The van der Waals surface area contributed by atoms with Gasteiger partial charge in [-0.15, -0.1) is 0 Å². The van der Waals surface area contributed by atoms with Gasteiger partial charge in [-0.3, -0.25) is 4.90 Å². The summed E-state index contributed by atoms with van der Waals surface area (Å²) in [5.41, 5.74) is 1.69. The Labute approximate surface area is 181 Å². The Morgan fingerprint density at radius 2 is 1.71 bits per heavy atom. The summed E-state index contributed by atoms with van der Waals surface area (Å²) < 4.78 is 38.0. The van der Waals surface area contributed by atoms with Crippen LogP contribution in [0.5, 0.6) is 0 Å². The largest absolute Gasteiger partial charge is 0.439 e. The third-order valence-electron chi connectivity index (χ3n) is 5.72. The molecule has 10 heteroatoms. The van der Waals surface area contributed by atoms with Crippen LogP contribution in [0, 0.1) is 0 Å². The molecule has 31 heavy (non-hydrogen) atoms. The van der Waals surface area contributed by atoms with E-state index in [1.54, 1.807) is 12.1 Å². The standard InChI is InChI=1S/C21H25N5O4S/c27-31(28,26-11-13-29-14-12-26)17-5-6-20(22-15-17)25-9-7-24(8-10-25)16-21-23-18-3-1-2-4-19(18)30-21/h1-6,15H,7-14,16H2. The van der Waals surface area contributed by atoms with Crippen LogP contribution in [0.25, 0.3) is 11.1 Å². The molecule has 2 fully saturated rings. The molecule has 2 aromatic heterocycles. The number of aromatic nitrogens is 2. The van der Waals surface area contributed by atoms with Gasteiger partial charge in [-0.2, -0.15) is 4.31 Å². The first-order valence-corrected chi connectivity index (χ1v) is 11.9. The van der Waals surface area contributed by atoms with Crippen molar-refractivity contribution < 1.29 is 17.6 Å². The lowest BCUT2D eigenvalue weighted by Gasteiger charge is -2.34. The fourth-order valence-corrected chi connectivity index (χ4v) is 5.32. The highest BCUT2D eigenvalue weighted by molar-refractivity contribution is 7.89. The molecule has 4 heterocycles. The summed E-state index contributed by atoms with van der Waals surface area (Å²) in [5, 5.41) is 0. The Kier molecular flexibility index (Phi) is 5.61. The van der Waals surface area contributed by atoms with E-state index < -0.39 is 10.0 Å². The maximum atomic E-state index is 12.8. The molecule has 0 atom stereocenters. The second-order valence-corrected chi connectivity index (χ2v) is 9.65. The highest BCUT2D eigenvalue weighted by atomic mass is 32.2. The number of sulfonamides is 1. The number of nitrogens with zero attached hydrogens (tertiary/aromatic N) is 5. The third-order valence-corrected chi connectivity index (χ3v) is 7.60. The number of piperazine rings is 1. The maximum absolute atomic E-state index is 12.8. The van der Waals surface area contributed by atoms with Crippen LogP contribution in [-0.4, -0.2) is 80.1 Å². The second-order valence-electron chi connectivity index (χ2n) is 7.71. The predicted molar refractivity (Wildman–Crippen MR) is 115 cm³/mol. The SMILES string of the molecule is O=S(=O)(c1ccc(N2CCN(Cc3nc4ccccc4o3)CC2)nc1)N1CCOCC1. The molecule has 2 aliphatic heterocycles. The summed E-state index contributed by atoms with van der Waals surface area (Å²) in [6.45, 7) is 5.62. The number of rotatable bonds is 5. The first kappa shape index (κ1) is 20.4. The van der Waals surface area contributed by atoms with Crippen LogP contribution in [0.3, 0.4) is 0 Å². The average Bonchev–Trinajstić information content (AvgIpc) is 3.22. The Morgan fingerprint density at radius 3 is 2.42 bits per heavy atom. The topological polar surface area (TPSA) is 92.0 Å². The van der Waals surface area contributed by atoms with Crippen LogP contribution in [0.2, 0.25) is 0 Å². The van der Waals surface area contributed by atoms with Gasteiger partial charge < -0.3 is 14.1 Å². The van der Waals surface area contributed by atoms with E-state index in [2.05, 4.69) is 19.8 Å². The van der Waals surface area contributed by atoms with Gasteiger partial charge in [0.05, 0.1) is 19.8 Å². The van der Waals surface area contributed by atoms with E-state index in [1.165, 1.54) is 10.5 Å². The van der Waals surface area contributed by atoms with Crippen LogP contribution in [-0.2, 0) is 21.3 Å². The Hall–Kier alpha value is -2.53. The van der Waals surface area contributed by atoms with Crippen molar-refractivity contribution in [3.8, 4) is 0 Å². The van der Waals surface area contributed by atoms with E-state index >= 15 is 0 Å². The van der Waals surface area contributed by atoms with Crippen LogP contribution in [0.15, 0.2) is 51.9 Å². The second kappa shape index (κ2) is 8.54. The van der Waals surface area contributed by atoms with E-state index in [9.17, 15) is 8.42 Å². The lowest BCUT2D eigenvalue weighted by Crippen LogP contribution is -2.46. The summed E-state index contributed by atoms with van der Waals surface area (Å²) in [7, 11) is -3.52. The van der Waals surface area contributed by atoms with Gasteiger partial charge in [-0.1, -0.05) is 12.1 Å². The van der Waals surface area contributed by atoms with Gasteiger partial charge in [0.1, 0.15) is 16.2 Å². The average molecular weight is 444 g/mol. The van der Waals surface area contributed by atoms with Gasteiger partial charge in [-0.05, 0) is 24.3 Å².